The Kier molecular flexibility index (Phi) is 7.49. The maximum Gasteiger partial charge on any atom is 0.421 e. The van der Waals surface area contributed by atoms with Gasteiger partial charge in [-0.15, -0.1) is 0 Å². The van der Waals surface area contributed by atoms with Crippen LogP contribution in [0.3, 0.4) is 0 Å². The molecule has 2 aromatic heterocycles. The highest BCUT2D eigenvalue weighted by molar-refractivity contribution is 5.62. The van der Waals surface area contributed by atoms with Gasteiger partial charge in [0.05, 0.1) is 17.9 Å². The van der Waals surface area contributed by atoms with Gasteiger partial charge in [-0.2, -0.15) is 23.3 Å². The molecule has 3 aromatic rings. The van der Waals surface area contributed by atoms with Crippen molar-refractivity contribution in [3.63, 3.8) is 0 Å². The van der Waals surface area contributed by atoms with E-state index in [0.717, 1.165) is 36.8 Å². The number of hydrogen-bond donors (Lipinski definition) is 5. The Balaban J connectivity index is 1.30. The second-order valence-corrected chi connectivity index (χ2v) is 10.4. The number of H-pyrrole nitrogens is 1. The van der Waals surface area contributed by atoms with E-state index in [0.29, 0.717) is 25.0 Å². The van der Waals surface area contributed by atoms with Gasteiger partial charge in [0.15, 0.2) is 5.82 Å². The van der Waals surface area contributed by atoms with Gasteiger partial charge in [-0.1, -0.05) is 0 Å². The lowest BCUT2D eigenvalue weighted by Gasteiger charge is -2.35. The number of aryl methyl sites for hydroxylation is 2. The van der Waals surface area contributed by atoms with Crippen molar-refractivity contribution >= 4 is 23.3 Å². The molecular formula is C26H31F4N7O2. The van der Waals surface area contributed by atoms with Gasteiger partial charge < -0.3 is 20.8 Å². The summed E-state index contributed by atoms with van der Waals surface area (Å²) < 4.78 is 55.8. The minimum Gasteiger partial charge on any atom is -0.389 e. The van der Waals surface area contributed by atoms with Gasteiger partial charge >= 0.3 is 6.18 Å². The summed E-state index contributed by atoms with van der Waals surface area (Å²) >= 11 is 0. The normalized spacial score (nSPS) is 24.2. The van der Waals surface area contributed by atoms with Gasteiger partial charge in [0.25, 0.3) is 0 Å². The molecule has 2 atom stereocenters. The van der Waals surface area contributed by atoms with Crippen LogP contribution in [0, 0.1) is 19.7 Å². The highest BCUT2D eigenvalue weighted by atomic mass is 19.4. The quantitative estimate of drug-likeness (QED) is 0.285. The number of rotatable bonds is 6. The maximum absolute atomic E-state index is 15.2. The maximum atomic E-state index is 15.2. The van der Waals surface area contributed by atoms with E-state index in [1.165, 1.54) is 12.1 Å². The van der Waals surface area contributed by atoms with Crippen LogP contribution in [0.2, 0.25) is 0 Å². The molecule has 1 saturated heterocycles. The van der Waals surface area contributed by atoms with E-state index in [1.807, 2.05) is 6.92 Å². The van der Waals surface area contributed by atoms with E-state index < -0.39 is 35.6 Å². The fraction of sp³-hybridized carbons (Fsp3) is 0.500. The number of aliphatic hydroxyl groups excluding tert-OH is 2. The Hall–Kier alpha value is -3.29. The summed E-state index contributed by atoms with van der Waals surface area (Å²) in [5.74, 6) is -0.933. The van der Waals surface area contributed by atoms with Gasteiger partial charge in [0.1, 0.15) is 17.2 Å². The van der Waals surface area contributed by atoms with Crippen LogP contribution in [0.15, 0.2) is 24.4 Å². The van der Waals surface area contributed by atoms with Crippen LogP contribution in [-0.4, -0.2) is 66.6 Å². The largest absolute Gasteiger partial charge is 0.421 e. The first-order chi connectivity index (χ1) is 18.5. The number of benzene rings is 1. The van der Waals surface area contributed by atoms with Crippen molar-refractivity contribution < 1.29 is 27.8 Å². The minimum absolute atomic E-state index is 0.0614. The number of aromatic nitrogens is 4. The molecule has 0 radical (unpaired) electrons. The number of β-amino-alcohol motifs (C(OH)–C–C–N with tert-alkyl or cyclic N) is 2. The first kappa shape index (κ1) is 27.3. The monoisotopic (exact) mass is 549 g/mol. The molecule has 2 aliphatic rings. The zero-order valence-corrected chi connectivity index (χ0v) is 21.6. The molecule has 0 bridgehead atoms. The molecule has 1 aliphatic carbocycles. The Labute approximate surface area is 222 Å². The third kappa shape index (κ3) is 5.99. The highest BCUT2D eigenvalue weighted by Gasteiger charge is 2.37. The molecule has 13 heteroatoms. The lowest BCUT2D eigenvalue weighted by atomic mass is 9.79. The number of halogens is 4. The molecule has 39 heavy (non-hydrogen) atoms. The summed E-state index contributed by atoms with van der Waals surface area (Å²) in [6.07, 6.45) is -2.01. The number of nitrogens with zero attached hydrogens (tertiary/aromatic N) is 4. The van der Waals surface area contributed by atoms with E-state index in [4.69, 9.17) is 0 Å². The van der Waals surface area contributed by atoms with Crippen molar-refractivity contribution in [3.8, 4) is 0 Å². The van der Waals surface area contributed by atoms with Gasteiger partial charge in [-0.25, -0.2) is 9.37 Å². The van der Waals surface area contributed by atoms with Crippen molar-refractivity contribution in [1.29, 1.82) is 0 Å². The average molecular weight is 550 g/mol. The van der Waals surface area contributed by atoms with Crippen molar-refractivity contribution in [1.82, 2.24) is 25.1 Å². The van der Waals surface area contributed by atoms with Crippen LogP contribution >= 0.6 is 0 Å². The van der Waals surface area contributed by atoms with Crippen molar-refractivity contribution in [2.45, 2.75) is 69.9 Å². The third-order valence-corrected chi connectivity index (χ3v) is 7.59. The molecule has 1 aromatic carbocycles. The second kappa shape index (κ2) is 10.7. The Morgan fingerprint density at radius 3 is 2.31 bits per heavy atom. The Morgan fingerprint density at radius 1 is 1.00 bits per heavy atom. The first-order valence-electron chi connectivity index (χ1n) is 12.9. The fourth-order valence-corrected chi connectivity index (χ4v) is 5.55. The number of nitrogens with one attached hydrogen (secondary N) is 3. The summed E-state index contributed by atoms with van der Waals surface area (Å²) in [4.78, 5) is 9.87. The van der Waals surface area contributed by atoms with E-state index in [9.17, 15) is 23.4 Å². The minimum atomic E-state index is -4.71. The number of hydrogen-bond acceptors (Lipinski definition) is 8. The topological polar surface area (TPSA) is 122 Å². The number of alkyl halides is 3. The Morgan fingerprint density at radius 2 is 1.69 bits per heavy atom. The van der Waals surface area contributed by atoms with Crippen LogP contribution in [-0.2, 0) is 6.18 Å². The molecule has 9 nitrogen and oxygen atoms in total. The fourth-order valence-electron chi connectivity index (χ4n) is 5.55. The zero-order chi connectivity index (χ0) is 27.9. The van der Waals surface area contributed by atoms with E-state index in [1.54, 1.807) is 13.0 Å². The van der Waals surface area contributed by atoms with E-state index in [-0.39, 0.29) is 29.4 Å². The lowest BCUT2D eigenvalue weighted by Crippen LogP contribution is -2.37. The predicted molar refractivity (Wildman–Crippen MR) is 137 cm³/mol. The molecule has 1 saturated carbocycles. The number of aliphatic hydroxyl groups is 2. The molecule has 3 heterocycles. The SMILES string of the molecule is Cc1cc(Nc2nc(Nc3cc(C)c([C@H]4CC[C@H](N5C[C@@H](O)[C@H](O)C5)CC4)cc3F)ncc2C(F)(F)F)n[nH]1. The Bertz CT molecular complexity index is 1310. The number of aromatic amines is 1. The molecule has 5 rings (SSSR count). The van der Waals surface area contributed by atoms with Crippen LogP contribution in [0.25, 0.3) is 0 Å². The standard InChI is InChI=1S/C26H31F4N7O2/c1-13-7-20(19(27)9-17(13)15-3-5-16(6-4-15)37-11-21(38)22(39)12-37)32-25-31-10-18(26(28,29)30)24(34-25)33-23-8-14(2)35-36-23/h7-10,15-16,21-22,38-39H,3-6,11-12H2,1-2H3,(H3,31,32,33,34,35,36)/t15-,16-,21-,22-/m1/s1. The van der Waals surface area contributed by atoms with Gasteiger partial charge in [0, 0.05) is 37.1 Å². The zero-order valence-electron chi connectivity index (χ0n) is 21.6. The van der Waals surface area contributed by atoms with Crippen LogP contribution in [0.4, 0.5) is 40.8 Å². The number of anilines is 4. The molecule has 210 valence electrons. The molecule has 0 unspecified atom stereocenters. The summed E-state index contributed by atoms with van der Waals surface area (Å²) in [7, 11) is 0. The highest BCUT2D eigenvalue weighted by Crippen LogP contribution is 2.39. The summed E-state index contributed by atoms with van der Waals surface area (Å²) in [5.41, 5.74) is 1.38. The van der Waals surface area contributed by atoms with E-state index >= 15 is 4.39 Å². The van der Waals surface area contributed by atoms with Crippen molar-refractivity contribution in [3.05, 3.63) is 52.6 Å². The van der Waals surface area contributed by atoms with Crippen LogP contribution in [0.1, 0.15) is 54.0 Å². The average Bonchev–Trinajstić information content (AvgIpc) is 3.44. The van der Waals surface area contributed by atoms with Gasteiger partial charge in [0.2, 0.25) is 5.95 Å². The molecule has 0 amide bonds. The van der Waals surface area contributed by atoms with Crippen LogP contribution in [0.5, 0.6) is 0 Å². The molecule has 1 aliphatic heterocycles. The van der Waals surface area contributed by atoms with Crippen molar-refractivity contribution in [2.75, 3.05) is 23.7 Å². The summed E-state index contributed by atoms with van der Waals surface area (Å²) in [5, 5.41) is 31.5. The molecule has 2 fully saturated rings. The second-order valence-electron chi connectivity index (χ2n) is 10.4. The predicted octanol–water partition coefficient (Wildman–Crippen LogP) is 4.53. The third-order valence-electron chi connectivity index (χ3n) is 7.59. The summed E-state index contributed by atoms with van der Waals surface area (Å²) in [6, 6.07) is 4.91. The smallest absolute Gasteiger partial charge is 0.389 e. The van der Waals surface area contributed by atoms with Gasteiger partial charge in [-0.05, 0) is 68.7 Å². The number of likely N-dealkylation sites (tertiary alicyclic amines) is 1. The van der Waals surface area contributed by atoms with Crippen molar-refractivity contribution in [2.24, 2.45) is 0 Å². The van der Waals surface area contributed by atoms with Crippen LogP contribution < -0.4 is 10.6 Å². The lowest BCUT2D eigenvalue weighted by molar-refractivity contribution is -0.137. The van der Waals surface area contributed by atoms with Gasteiger partial charge in [-0.3, -0.25) is 10.00 Å². The molecule has 5 N–H and O–H groups in total. The summed E-state index contributed by atoms with van der Waals surface area (Å²) in [6.45, 7) is 4.52. The van der Waals surface area contributed by atoms with E-state index in [2.05, 4.69) is 35.7 Å². The first-order valence-corrected chi connectivity index (χ1v) is 12.9. The molecular weight excluding hydrogens is 518 g/mol. The molecule has 0 spiro atoms.